The first-order chi connectivity index (χ1) is 10.2. The number of pyridine rings is 1. The van der Waals surface area contributed by atoms with Crippen molar-refractivity contribution in [2.75, 3.05) is 12.3 Å². The van der Waals surface area contributed by atoms with Crippen molar-refractivity contribution in [1.29, 1.82) is 0 Å². The van der Waals surface area contributed by atoms with Gasteiger partial charge in [-0.15, -0.1) is 11.8 Å². The fourth-order valence-corrected chi connectivity index (χ4v) is 2.54. The molecule has 0 atom stereocenters. The summed E-state index contributed by atoms with van der Waals surface area (Å²) in [6, 6.07) is 9.39. The number of thioether (sulfide) groups is 1. The van der Waals surface area contributed by atoms with Crippen molar-refractivity contribution in [1.82, 2.24) is 10.3 Å². The molecule has 1 heterocycles. The Bertz CT molecular complexity index is 655. The summed E-state index contributed by atoms with van der Waals surface area (Å²) < 4.78 is 12.7. The van der Waals surface area contributed by atoms with Gasteiger partial charge in [0.25, 0.3) is 11.5 Å². The van der Waals surface area contributed by atoms with Crippen LogP contribution in [0.1, 0.15) is 16.8 Å². The molecule has 0 aliphatic heterocycles. The predicted molar refractivity (Wildman–Crippen MR) is 81.1 cm³/mol. The zero-order valence-corrected chi connectivity index (χ0v) is 12.1. The maximum Gasteiger partial charge on any atom is 0.260 e. The molecule has 0 aliphatic rings. The normalized spacial score (nSPS) is 10.3. The van der Waals surface area contributed by atoms with E-state index in [2.05, 4.69) is 10.3 Å². The molecule has 110 valence electrons. The number of halogens is 1. The molecule has 0 saturated carbocycles. The van der Waals surface area contributed by atoms with E-state index >= 15 is 0 Å². The van der Waals surface area contributed by atoms with Gasteiger partial charge < -0.3 is 10.3 Å². The molecule has 0 radical (unpaired) electrons. The largest absolute Gasteiger partial charge is 0.352 e. The first kappa shape index (κ1) is 15.3. The Morgan fingerprint density at radius 1 is 1.24 bits per heavy atom. The topological polar surface area (TPSA) is 62.0 Å². The molecular weight excluding hydrogens is 291 g/mol. The van der Waals surface area contributed by atoms with E-state index < -0.39 is 5.56 Å². The fraction of sp³-hybridized carbons (Fsp3) is 0.200. The highest BCUT2D eigenvalue weighted by atomic mass is 32.2. The quantitative estimate of drug-likeness (QED) is 0.636. The molecule has 0 unspecified atom stereocenters. The molecule has 0 saturated heterocycles. The van der Waals surface area contributed by atoms with Gasteiger partial charge in [-0.1, -0.05) is 0 Å². The molecule has 2 rings (SSSR count). The number of H-pyrrole nitrogens is 1. The van der Waals surface area contributed by atoms with Crippen molar-refractivity contribution in [3.05, 3.63) is 64.3 Å². The Balaban J connectivity index is 1.70. The Morgan fingerprint density at radius 3 is 2.71 bits per heavy atom. The molecule has 4 nitrogen and oxygen atoms in total. The van der Waals surface area contributed by atoms with Crippen molar-refractivity contribution in [3.8, 4) is 0 Å². The second-order valence-electron chi connectivity index (χ2n) is 4.32. The summed E-state index contributed by atoms with van der Waals surface area (Å²) in [5, 5.41) is 2.70. The lowest BCUT2D eigenvalue weighted by atomic mass is 10.2. The summed E-state index contributed by atoms with van der Waals surface area (Å²) in [5.74, 6) is 0.181. The molecule has 21 heavy (non-hydrogen) atoms. The maximum absolute atomic E-state index is 12.7. The minimum Gasteiger partial charge on any atom is -0.352 e. The van der Waals surface area contributed by atoms with Gasteiger partial charge in [-0.3, -0.25) is 9.59 Å². The lowest BCUT2D eigenvalue weighted by Gasteiger charge is -2.04. The van der Waals surface area contributed by atoms with Gasteiger partial charge in [0.05, 0.1) is 0 Å². The number of hydrogen-bond donors (Lipinski definition) is 2. The number of rotatable bonds is 6. The molecule has 0 spiro atoms. The monoisotopic (exact) mass is 306 g/mol. The average molecular weight is 306 g/mol. The molecular formula is C15H15FN2O2S. The van der Waals surface area contributed by atoms with Gasteiger partial charge in [-0.25, -0.2) is 4.39 Å². The first-order valence-electron chi connectivity index (χ1n) is 6.51. The zero-order chi connectivity index (χ0) is 15.1. The number of nitrogens with one attached hydrogen (secondary N) is 2. The van der Waals surface area contributed by atoms with E-state index in [-0.39, 0.29) is 17.3 Å². The van der Waals surface area contributed by atoms with E-state index in [1.165, 1.54) is 24.4 Å². The summed E-state index contributed by atoms with van der Waals surface area (Å²) in [6.07, 6.45) is 2.25. The van der Waals surface area contributed by atoms with E-state index in [4.69, 9.17) is 0 Å². The van der Waals surface area contributed by atoms with Crippen molar-refractivity contribution < 1.29 is 9.18 Å². The number of carbonyl (C=O) groups excluding carboxylic acids is 1. The minimum absolute atomic E-state index is 0.115. The second kappa shape index (κ2) is 7.64. The molecule has 1 amide bonds. The van der Waals surface area contributed by atoms with Crippen LogP contribution in [0.15, 0.2) is 52.3 Å². The van der Waals surface area contributed by atoms with Crippen LogP contribution in [0.5, 0.6) is 0 Å². The fourth-order valence-electron chi connectivity index (χ4n) is 1.69. The molecule has 2 N–H and O–H groups in total. The van der Waals surface area contributed by atoms with Crippen LogP contribution >= 0.6 is 11.8 Å². The summed E-state index contributed by atoms with van der Waals surface area (Å²) in [7, 11) is 0. The Labute approximate surface area is 125 Å². The van der Waals surface area contributed by atoms with Crippen LogP contribution in [0.25, 0.3) is 0 Å². The highest BCUT2D eigenvalue weighted by molar-refractivity contribution is 7.99. The maximum atomic E-state index is 12.7. The summed E-state index contributed by atoms with van der Waals surface area (Å²) in [6.45, 7) is 0.487. The third kappa shape index (κ3) is 4.75. The number of aromatic nitrogens is 1. The van der Waals surface area contributed by atoms with E-state index in [1.54, 1.807) is 30.0 Å². The molecule has 2 aromatic rings. The van der Waals surface area contributed by atoms with Crippen LogP contribution < -0.4 is 10.9 Å². The predicted octanol–water partition coefficient (Wildman–Crippen LogP) is 2.43. The van der Waals surface area contributed by atoms with Crippen molar-refractivity contribution in [2.24, 2.45) is 0 Å². The lowest BCUT2D eigenvalue weighted by Crippen LogP contribution is -2.30. The summed E-state index contributed by atoms with van der Waals surface area (Å²) in [4.78, 5) is 26.6. The number of benzene rings is 1. The highest BCUT2D eigenvalue weighted by Crippen LogP contribution is 2.18. The van der Waals surface area contributed by atoms with E-state index in [0.717, 1.165) is 17.1 Å². The van der Waals surface area contributed by atoms with Gasteiger partial charge in [0.15, 0.2) is 0 Å². The smallest absolute Gasteiger partial charge is 0.260 e. The van der Waals surface area contributed by atoms with Crippen molar-refractivity contribution in [3.63, 3.8) is 0 Å². The molecule has 0 bridgehead atoms. The summed E-state index contributed by atoms with van der Waals surface area (Å²) in [5.41, 5.74) is -0.278. The number of amides is 1. The standard InChI is InChI=1S/C15H15FN2O2S/c16-11-4-6-12(7-5-11)21-10-2-9-18-15(20)13-3-1-8-17-14(13)19/h1,3-8H,2,9-10H2,(H,17,19)(H,18,20). The third-order valence-electron chi connectivity index (χ3n) is 2.75. The van der Waals surface area contributed by atoms with Crippen LogP contribution in [0.2, 0.25) is 0 Å². The summed E-state index contributed by atoms with van der Waals surface area (Å²) >= 11 is 1.59. The van der Waals surface area contributed by atoms with Gasteiger partial charge in [-0.05, 0) is 48.6 Å². The van der Waals surface area contributed by atoms with Gasteiger partial charge in [0.1, 0.15) is 11.4 Å². The van der Waals surface area contributed by atoms with E-state index in [0.29, 0.717) is 6.54 Å². The van der Waals surface area contributed by atoms with Crippen LogP contribution in [0.3, 0.4) is 0 Å². The zero-order valence-electron chi connectivity index (χ0n) is 11.3. The number of hydrogen-bond acceptors (Lipinski definition) is 3. The molecule has 0 fully saturated rings. The average Bonchev–Trinajstić information content (AvgIpc) is 2.49. The third-order valence-corrected chi connectivity index (χ3v) is 3.85. The SMILES string of the molecule is O=C(NCCCSc1ccc(F)cc1)c1ccc[nH]c1=O. The lowest BCUT2D eigenvalue weighted by molar-refractivity contribution is 0.0952. The minimum atomic E-state index is -0.393. The number of aromatic amines is 1. The van der Waals surface area contributed by atoms with Crippen LogP contribution in [-0.2, 0) is 0 Å². The first-order valence-corrected chi connectivity index (χ1v) is 7.49. The highest BCUT2D eigenvalue weighted by Gasteiger charge is 2.08. The second-order valence-corrected chi connectivity index (χ2v) is 5.49. The molecule has 1 aromatic heterocycles. The van der Waals surface area contributed by atoms with Crippen LogP contribution in [0.4, 0.5) is 4.39 Å². The van der Waals surface area contributed by atoms with E-state index in [9.17, 15) is 14.0 Å². The molecule has 6 heteroatoms. The van der Waals surface area contributed by atoms with Gasteiger partial charge >= 0.3 is 0 Å². The van der Waals surface area contributed by atoms with Gasteiger partial charge in [-0.2, -0.15) is 0 Å². The Hall–Kier alpha value is -2.08. The molecule has 0 aliphatic carbocycles. The van der Waals surface area contributed by atoms with Crippen molar-refractivity contribution >= 4 is 17.7 Å². The van der Waals surface area contributed by atoms with Gasteiger partial charge in [0.2, 0.25) is 0 Å². The van der Waals surface area contributed by atoms with Crippen molar-refractivity contribution in [2.45, 2.75) is 11.3 Å². The Morgan fingerprint density at radius 2 is 2.00 bits per heavy atom. The van der Waals surface area contributed by atoms with Gasteiger partial charge in [0, 0.05) is 17.6 Å². The van der Waals surface area contributed by atoms with E-state index in [1.807, 2.05) is 0 Å². The molecule has 1 aromatic carbocycles. The number of carbonyl (C=O) groups is 1. The van der Waals surface area contributed by atoms with Crippen LogP contribution in [0, 0.1) is 5.82 Å². The Kier molecular flexibility index (Phi) is 5.57. The van der Waals surface area contributed by atoms with Crippen LogP contribution in [-0.4, -0.2) is 23.2 Å².